The number of nitrogens with one attached hydrogen (secondary N) is 3. The van der Waals surface area contributed by atoms with E-state index in [-0.39, 0.29) is 36.8 Å². The molecule has 1 aromatic carbocycles. The van der Waals surface area contributed by atoms with E-state index in [0.29, 0.717) is 19.3 Å². The van der Waals surface area contributed by atoms with Gasteiger partial charge in [-0.05, 0) is 12.0 Å². The van der Waals surface area contributed by atoms with Crippen molar-refractivity contribution in [3.05, 3.63) is 35.9 Å². The van der Waals surface area contributed by atoms with Crippen molar-refractivity contribution in [2.75, 3.05) is 0 Å². The Labute approximate surface area is 129 Å². The Kier molecular flexibility index (Phi) is 6.68. The molecule has 7 heteroatoms. The number of alkyl carbamates (subject to hydrolysis) is 1. The van der Waals surface area contributed by atoms with Crippen LogP contribution in [0.3, 0.4) is 0 Å². The quantitative estimate of drug-likeness (QED) is 0.586. The highest BCUT2D eigenvalue weighted by Crippen LogP contribution is 2.09. The number of hydrogen-bond acceptors (Lipinski definition) is 4. The van der Waals surface area contributed by atoms with Gasteiger partial charge in [0, 0.05) is 18.9 Å². The summed E-state index contributed by atoms with van der Waals surface area (Å²) in [7, 11) is 0. The summed E-state index contributed by atoms with van der Waals surface area (Å²) in [6.07, 6.45) is 0.841. The third kappa shape index (κ3) is 5.83. The second-order valence-corrected chi connectivity index (χ2v) is 4.67. The summed E-state index contributed by atoms with van der Waals surface area (Å²) in [5, 5.41) is 12.8. The highest BCUT2D eigenvalue weighted by atomic mass is 35.5. The molecule has 0 spiro atoms. The summed E-state index contributed by atoms with van der Waals surface area (Å²) in [5.41, 5.74) is 0.886. The smallest absolute Gasteiger partial charge is 0.412 e. The number of amides is 2. The van der Waals surface area contributed by atoms with Crippen LogP contribution in [-0.2, 0) is 16.1 Å². The molecule has 0 radical (unpaired) electrons. The lowest BCUT2D eigenvalue weighted by Gasteiger charge is -2.12. The second-order valence-electron chi connectivity index (χ2n) is 4.67. The molecule has 1 fully saturated rings. The Morgan fingerprint density at radius 3 is 2.71 bits per heavy atom. The zero-order chi connectivity index (χ0) is 14.4. The van der Waals surface area contributed by atoms with Crippen LogP contribution in [0.25, 0.3) is 0 Å². The second kappa shape index (κ2) is 8.26. The van der Waals surface area contributed by atoms with Crippen LogP contribution in [0.1, 0.15) is 24.8 Å². The molecule has 1 unspecified atom stereocenters. The van der Waals surface area contributed by atoms with E-state index in [9.17, 15) is 9.59 Å². The molecule has 0 aliphatic carbocycles. The van der Waals surface area contributed by atoms with Crippen LogP contribution in [-0.4, -0.2) is 23.9 Å². The highest BCUT2D eigenvalue weighted by Gasteiger charge is 2.22. The summed E-state index contributed by atoms with van der Waals surface area (Å²) in [6, 6.07) is 9.25. The van der Waals surface area contributed by atoms with Gasteiger partial charge in [-0.1, -0.05) is 30.3 Å². The van der Waals surface area contributed by atoms with Crippen molar-refractivity contribution in [1.82, 2.24) is 10.6 Å². The van der Waals surface area contributed by atoms with Crippen molar-refractivity contribution in [2.24, 2.45) is 0 Å². The minimum Gasteiger partial charge on any atom is -0.444 e. The third-order valence-corrected chi connectivity index (χ3v) is 3.00. The Morgan fingerprint density at radius 1 is 1.38 bits per heavy atom. The van der Waals surface area contributed by atoms with Gasteiger partial charge in [-0.25, -0.2) is 4.79 Å². The molecule has 2 amide bonds. The van der Waals surface area contributed by atoms with Gasteiger partial charge in [0.25, 0.3) is 0 Å². The maximum atomic E-state index is 11.5. The summed E-state index contributed by atoms with van der Waals surface area (Å²) in [6.45, 7) is 0.167. The molecule has 1 atom stereocenters. The lowest BCUT2D eigenvalue weighted by atomic mass is 10.1. The standard InChI is InChI=1S/C14H17N3O3.ClH/c15-12(8-11-6-7-13(18)16-11)17-14(19)20-9-10-4-2-1-3-5-10;/h1-5,11H,6-9H2,(H,16,18)(H2,15,17,19);1H. The molecule has 0 bridgehead atoms. The zero-order valence-electron chi connectivity index (χ0n) is 11.4. The van der Waals surface area contributed by atoms with Crippen LogP contribution >= 0.6 is 12.4 Å². The molecule has 1 aromatic rings. The first-order valence-corrected chi connectivity index (χ1v) is 6.48. The van der Waals surface area contributed by atoms with Crippen molar-refractivity contribution in [3.63, 3.8) is 0 Å². The number of hydrogen-bond donors (Lipinski definition) is 3. The number of carbonyl (C=O) groups excluding carboxylic acids is 2. The molecule has 1 aliphatic rings. The summed E-state index contributed by atoms with van der Waals surface area (Å²) < 4.78 is 5.01. The van der Waals surface area contributed by atoms with Gasteiger partial charge in [-0.2, -0.15) is 0 Å². The van der Waals surface area contributed by atoms with E-state index in [0.717, 1.165) is 5.56 Å². The molecule has 21 heavy (non-hydrogen) atoms. The Morgan fingerprint density at radius 2 is 2.10 bits per heavy atom. The Bertz CT molecular complexity index is 507. The number of amidine groups is 1. The van der Waals surface area contributed by atoms with Gasteiger partial charge in [0.1, 0.15) is 12.4 Å². The zero-order valence-corrected chi connectivity index (χ0v) is 12.2. The predicted octanol–water partition coefficient (Wildman–Crippen LogP) is 1.98. The minimum absolute atomic E-state index is 0. The molecule has 1 aliphatic heterocycles. The SMILES string of the molecule is Cl.N=C(CC1CCC(=O)N1)NC(=O)OCc1ccccc1. The first-order valence-electron chi connectivity index (χ1n) is 6.48. The molecule has 6 nitrogen and oxygen atoms in total. The number of rotatable bonds is 4. The number of ether oxygens (including phenoxy) is 1. The van der Waals surface area contributed by atoms with Gasteiger partial charge in [0.2, 0.25) is 5.91 Å². The maximum Gasteiger partial charge on any atom is 0.412 e. The van der Waals surface area contributed by atoms with Gasteiger partial charge in [0.05, 0.1) is 0 Å². The lowest BCUT2D eigenvalue weighted by Crippen LogP contribution is -2.36. The normalized spacial score (nSPS) is 16.6. The van der Waals surface area contributed by atoms with Crippen LogP contribution in [0.2, 0.25) is 0 Å². The minimum atomic E-state index is -0.650. The highest BCUT2D eigenvalue weighted by molar-refractivity contribution is 5.94. The van der Waals surface area contributed by atoms with E-state index in [4.69, 9.17) is 10.1 Å². The number of benzene rings is 1. The summed E-state index contributed by atoms with van der Waals surface area (Å²) in [4.78, 5) is 22.5. The fourth-order valence-corrected chi connectivity index (χ4v) is 2.01. The molecule has 1 heterocycles. The van der Waals surface area contributed by atoms with Crippen molar-refractivity contribution >= 4 is 30.2 Å². The van der Waals surface area contributed by atoms with Gasteiger partial charge in [-0.15, -0.1) is 12.4 Å². The fourth-order valence-electron chi connectivity index (χ4n) is 2.01. The maximum absolute atomic E-state index is 11.5. The Balaban J connectivity index is 0.00000220. The van der Waals surface area contributed by atoms with Crippen molar-refractivity contribution in [2.45, 2.75) is 31.9 Å². The van der Waals surface area contributed by atoms with Crippen LogP contribution in [0.4, 0.5) is 4.79 Å². The summed E-state index contributed by atoms with van der Waals surface area (Å²) in [5.74, 6) is 0.0460. The third-order valence-electron chi connectivity index (χ3n) is 3.00. The molecular formula is C14H18ClN3O3. The van der Waals surface area contributed by atoms with Crippen LogP contribution in [0.5, 0.6) is 0 Å². The van der Waals surface area contributed by atoms with E-state index in [1.165, 1.54) is 0 Å². The Hall–Kier alpha value is -2.08. The fraction of sp³-hybridized carbons (Fsp3) is 0.357. The average Bonchev–Trinajstić information content (AvgIpc) is 2.83. The van der Waals surface area contributed by atoms with Gasteiger partial charge in [-0.3, -0.25) is 15.5 Å². The molecule has 0 saturated carbocycles. The summed E-state index contributed by atoms with van der Waals surface area (Å²) >= 11 is 0. The topological polar surface area (TPSA) is 91.3 Å². The molecular weight excluding hydrogens is 294 g/mol. The van der Waals surface area contributed by atoms with E-state index < -0.39 is 6.09 Å². The molecule has 3 N–H and O–H groups in total. The largest absolute Gasteiger partial charge is 0.444 e. The van der Waals surface area contributed by atoms with Crippen molar-refractivity contribution in [1.29, 1.82) is 5.41 Å². The first-order chi connectivity index (χ1) is 9.63. The van der Waals surface area contributed by atoms with Crippen LogP contribution in [0, 0.1) is 5.41 Å². The van der Waals surface area contributed by atoms with Crippen LogP contribution < -0.4 is 10.6 Å². The van der Waals surface area contributed by atoms with E-state index in [2.05, 4.69) is 10.6 Å². The predicted molar refractivity (Wildman–Crippen MR) is 80.5 cm³/mol. The molecule has 0 aromatic heterocycles. The molecule has 114 valence electrons. The van der Waals surface area contributed by atoms with Crippen molar-refractivity contribution in [3.8, 4) is 0 Å². The van der Waals surface area contributed by atoms with Gasteiger partial charge < -0.3 is 10.1 Å². The van der Waals surface area contributed by atoms with E-state index in [1.807, 2.05) is 30.3 Å². The van der Waals surface area contributed by atoms with E-state index in [1.54, 1.807) is 0 Å². The number of carbonyl (C=O) groups is 2. The average molecular weight is 312 g/mol. The molecule has 2 rings (SSSR count). The van der Waals surface area contributed by atoms with Gasteiger partial charge in [0.15, 0.2) is 0 Å². The van der Waals surface area contributed by atoms with Crippen LogP contribution in [0.15, 0.2) is 30.3 Å². The van der Waals surface area contributed by atoms with Gasteiger partial charge >= 0.3 is 6.09 Å². The molecule has 1 saturated heterocycles. The lowest BCUT2D eigenvalue weighted by molar-refractivity contribution is -0.119. The van der Waals surface area contributed by atoms with E-state index >= 15 is 0 Å². The van der Waals surface area contributed by atoms with Crippen molar-refractivity contribution < 1.29 is 14.3 Å². The number of halogens is 1. The monoisotopic (exact) mass is 311 g/mol. The first kappa shape index (κ1) is 17.0.